The van der Waals surface area contributed by atoms with E-state index >= 15 is 0 Å². The van der Waals surface area contributed by atoms with Crippen molar-refractivity contribution in [2.24, 2.45) is 0 Å². The van der Waals surface area contributed by atoms with Crippen LogP contribution in [-0.4, -0.2) is 89.2 Å². The van der Waals surface area contributed by atoms with Crippen LogP contribution in [0.5, 0.6) is 0 Å². The van der Waals surface area contributed by atoms with Gasteiger partial charge in [0.25, 0.3) is 0 Å². The first-order valence-corrected chi connectivity index (χ1v) is 30.9. The first-order valence-electron chi connectivity index (χ1n) is 30.9. The van der Waals surface area contributed by atoms with Crippen molar-refractivity contribution in [3.05, 3.63) is 72.9 Å². The van der Waals surface area contributed by atoms with Gasteiger partial charge in [0.05, 0.1) is 6.61 Å². The van der Waals surface area contributed by atoms with Crippen LogP contribution in [0.2, 0.25) is 0 Å². The quantitative estimate of drug-likeness (QED) is 0.0228. The van der Waals surface area contributed by atoms with E-state index in [1.807, 2.05) is 0 Å². The molecule has 0 radical (unpaired) electrons. The van der Waals surface area contributed by atoms with Gasteiger partial charge in [0.2, 0.25) is 0 Å². The number of hydrogen-bond acceptors (Lipinski definition) is 11. The number of aliphatic carboxylic acids is 1. The van der Waals surface area contributed by atoms with Gasteiger partial charge < -0.3 is 39.0 Å². The van der Waals surface area contributed by atoms with E-state index in [1.165, 1.54) is 83.5 Å². The maximum atomic E-state index is 13.1. The number of carbonyl (C=O) groups excluding carboxylic acids is 3. The maximum absolute atomic E-state index is 13.1. The van der Waals surface area contributed by atoms with E-state index < -0.39 is 67.3 Å². The van der Waals surface area contributed by atoms with Crippen LogP contribution in [0, 0.1) is 0 Å². The van der Waals surface area contributed by atoms with E-state index in [0.29, 0.717) is 19.3 Å². The van der Waals surface area contributed by atoms with E-state index in [-0.39, 0.29) is 25.9 Å². The SMILES string of the molecule is CC/C=C\C/C=C\C/C=C\C/C=C\CCCCCCC(=O)OCC(COC1OC(C(=O)O)C(O)C(O)C1OC(=O)CCCCCCCCCCC/C=C\CCCCCCCC)OC(=O)CCCCCCC/C=C\CCCC. The second-order valence-electron chi connectivity index (χ2n) is 20.9. The molecule has 0 saturated carbocycles. The molecule has 12 heteroatoms. The van der Waals surface area contributed by atoms with Crippen molar-refractivity contribution < 1.29 is 58.2 Å². The fraction of sp³-hybridized carbons (Fsp3) is 0.754. The van der Waals surface area contributed by atoms with E-state index in [4.69, 9.17) is 23.7 Å². The van der Waals surface area contributed by atoms with Crippen LogP contribution in [-0.2, 0) is 42.9 Å². The summed E-state index contributed by atoms with van der Waals surface area (Å²) < 4.78 is 28.4. The zero-order valence-corrected chi connectivity index (χ0v) is 48.7. The molecule has 0 aromatic heterocycles. The van der Waals surface area contributed by atoms with Gasteiger partial charge in [0.15, 0.2) is 24.6 Å². The van der Waals surface area contributed by atoms with Crippen molar-refractivity contribution in [3.63, 3.8) is 0 Å². The number of aliphatic hydroxyl groups excluding tert-OH is 2. The molecule has 77 heavy (non-hydrogen) atoms. The molecular weight excluding hydrogens is 973 g/mol. The Morgan fingerprint density at radius 3 is 1.30 bits per heavy atom. The lowest BCUT2D eigenvalue weighted by Crippen LogP contribution is -2.61. The molecule has 6 unspecified atom stereocenters. The molecule has 0 aromatic rings. The summed E-state index contributed by atoms with van der Waals surface area (Å²) in [6.07, 6.45) is 54.4. The standard InChI is InChI=1S/C65H110O12/c1-4-7-10-13-16-19-22-24-26-28-29-31-33-35-38-41-44-47-50-53-59(68)76-63-61(70)60(69)62(64(71)72)77-65(63)74-55-56(75-58(67)52-49-46-43-40-36-21-18-15-12-9-6-3)54-73-57(66)51-48-45-42-39-37-34-32-30-27-25-23-20-17-14-11-8-5-2/h8,11,15,17-18,20,24-27,32,34,56,60-63,65,69-70H,4-7,9-10,12-14,16,19,21-23,28-31,33,35-55H2,1-3H3,(H,71,72)/b11-8-,18-15-,20-17-,26-24-,27-25-,34-32-. The van der Waals surface area contributed by atoms with Gasteiger partial charge >= 0.3 is 23.9 Å². The third-order valence-corrected chi connectivity index (χ3v) is 13.7. The Hall–Kier alpha value is -3.84. The summed E-state index contributed by atoms with van der Waals surface area (Å²) in [6.45, 7) is 5.82. The molecule has 1 aliphatic heterocycles. The van der Waals surface area contributed by atoms with Crippen molar-refractivity contribution in [2.75, 3.05) is 13.2 Å². The zero-order valence-electron chi connectivity index (χ0n) is 48.7. The van der Waals surface area contributed by atoms with Crippen LogP contribution in [0.25, 0.3) is 0 Å². The number of ether oxygens (including phenoxy) is 5. The molecule has 1 saturated heterocycles. The lowest BCUT2D eigenvalue weighted by molar-refractivity contribution is -0.301. The van der Waals surface area contributed by atoms with Gasteiger partial charge in [-0.1, -0.05) is 216 Å². The summed E-state index contributed by atoms with van der Waals surface area (Å²) in [7, 11) is 0. The highest BCUT2D eigenvalue weighted by atomic mass is 16.7. The lowest BCUT2D eigenvalue weighted by Gasteiger charge is -2.40. The number of carbonyl (C=O) groups is 4. The Kier molecular flexibility index (Phi) is 48.8. The minimum atomic E-state index is -1.91. The largest absolute Gasteiger partial charge is 0.479 e. The number of carboxylic acids is 1. The highest BCUT2D eigenvalue weighted by Crippen LogP contribution is 2.26. The number of rotatable bonds is 52. The van der Waals surface area contributed by atoms with Crippen molar-refractivity contribution in [2.45, 2.75) is 302 Å². The lowest BCUT2D eigenvalue weighted by atomic mass is 9.98. The average Bonchev–Trinajstić information content (AvgIpc) is 3.41. The molecule has 6 atom stereocenters. The minimum absolute atomic E-state index is 0.0539. The van der Waals surface area contributed by atoms with Crippen molar-refractivity contribution in [1.29, 1.82) is 0 Å². The van der Waals surface area contributed by atoms with Crippen LogP contribution in [0.4, 0.5) is 0 Å². The second-order valence-corrected chi connectivity index (χ2v) is 20.9. The molecule has 0 aromatic carbocycles. The predicted octanol–water partition coefficient (Wildman–Crippen LogP) is 16.1. The third kappa shape index (κ3) is 42.7. The predicted molar refractivity (Wildman–Crippen MR) is 312 cm³/mol. The van der Waals surface area contributed by atoms with E-state index in [1.54, 1.807) is 0 Å². The summed E-state index contributed by atoms with van der Waals surface area (Å²) in [5.74, 6) is -3.16. The highest BCUT2D eigenvalue weighted by molar-refractivity contribution is 5.74. The van der Waals surface area contributed by atoms with Gasteiger partial charge in [-0.15, -0.1) is 0 Å². The normalized spacial score (nSPS) is 18.5. The van der Waals surface area contributed by atoms with E-state index in [0.717, 1.165) is 122 Å². The molecule has 1 fully saturated rings. The first kappa shape index (κ1) is 71.2. The molecule has 0 aliphatic carbocycles. The van der Waals surface area contributed by atoms with Crippen molar-refractivity contribution in [1.82, 2.24) is 0 Å². The van der Waals surface area contributed by atoms with Crippen LogP contribution in [0.1, 0.15) is 265 Å². The summed E-state index contributed by atoms with van der Waals surface area (Å²) in [4.78, 5) is 51.1. The molecular formula is C65H110O12. The molecule has 442 valence electrons. The third-order valence-electron chi connectivity index (χ3n) is 13.7. The molecule has 3 N–H and O–H groups in total. The van der Waals surface area contributed by atoms with E-state index in [9.17, 15) is 34.5 Å². The highest BCUT2D eigenvalue weighted by Gasteiger charge is 2.50. The van der Waals surface area contributed by atoms with Crippen LogP contribution in [0.15, 0.2) is 72.9 Å². The Morgan fingerprint density at radius 2 is 0.831 bits per heavy atom. The summed E-state index contributed by atoms with van der Waals surface area (Å²) in [5.41, 5.74) is 0. The second kappa shape index (κ2) is 52.8. The average molecular weight is 1080 g/mol. The van der Waals surface area contributed by atoms with Gasteiger partial charge in [0.1, 0.15) is 18.8 Å². The number of hydrogen-bond donors (Lipinski definition) is 3. The minimum Gasteiger partial charge on any atom is -0.479 e. The van der Waals surface area contributed by atoms with Crippen LogP contribution >= 0.6 is 0 Å². The molecule has 1 aliphatic rings. The maximum Gasteiger partial charge on any atom is 0.335 e. The number of allylic oxidation sites excluding steroid dienone is 12. The van der Waals surface area contributed by atoms with Crippen LogP contribution in [0.3, 0.4) is 0 Å². The van der Waals surface area contributed by atoms with Crippen molar-refractivity contribution >= 4 is 23.9 Å². The Bertz CT molecular complexity index is 1620. The summed E-state index contributed by atoms with van der Waals surface area (Å²) in [5, 5.41) is 31.5. The molecule has 0 spiro atoms. The number of aliphatic hydroxyl groups is 2. The fourth-order valence-corrected chi connectivity index (χ4v) is 8.98. The van der Waals surface area contributed by atoms with Gasteiger partial charge in [-0.25, -0.2) is 4.79 Å². The van der Waals surface area contributed by atoms with Crippen LogP contribution < -0.4 is 0 Å². The number of carboxylic acid groups (broad SMARTS) is 1. The summed E-state index contributed by atoms with van der Waals surface area (Å²) in [6, 6.07) is 0. The first-order chi connectivity index (χ1) is 37.6. The summed E-state index contributed by atoms with van der Waals surface area (Å²) >= 11 is 0. The Labute approximate surface area is 468 Å². The molecule has 1 heterocycles. The Morgan fingerprint density at radius 1 is 0.442 bits per heavy atom. The van der Waals surface area contributed by atoms with E-state index in [2.05, 4.69) is 93.7 Å². The monoisotopic (exact) mass is 1080 g/mol. The van der Waals surface area contributed by atoms with Gasteiger partial charge in [0, 0.05) is 19.3 Å². The molecule has 1 rings (SSSR count). The fourth-order valence-electron chi connectivity index (χ4n) is 8.98. The number of esters is 3. The van der Waals surface area contributed by atoms with Gasteiger partial charge in [-0.3, -0.25) is 14.4 Å². The zero-order chi connectivity index (χ0) is 56.1. The topological polar surface area (TPSA) is 175 Å². The smallest absolute Gasteiger partial charge is 0.335 e. The Balaban J connectivity index is 2.65. The number of unbranched alkanes of at least 4 members (excludes halogenated alkanes) is 26. The molecule has 0 bridgehead atoms. The van der Waals surface area contributed by atoms with Crippen molar-refractivity contribution in [3.8, 4) is 0 Å². The van der Waals surface area contributed by atoms with Gasteiger partial charge in [-0.2, -0.15) is 0 Å². The molecule has 0 amide bonds. The van der Waals surface area contributed by atoms with Gasteiger partial charge in [-0.05, 0) is 103 Å². The molecule has 12 nitrogen and oxygen atoms in total.